The average Bonchev–Trinajstić information content (AvgIpc) is 2.19. The third kappa shape index (κ3) is 2.61. The molecule has 0 atom stereocenters. The normalized spacial score (nSPS) is 9.60. The Morgan fingerprint density at radius 1 is 1.47 bits per heavy atom. The summed E-state index contributed by atoms with van der Waals surface area (Å²) in [7, 11) is 0. The van der Waals surface area contributed by atoms with E-state index < -0.39 is 5.97 Å². The van der Waals surface area contributed by atoms with Crippen LogP contribution < -0.4 is 0 Å². The van der Waals surface area contributed by atoms with Gasteiger partial charge in [-0.2, -0.15) is 5.26 Å². The fraction of sp³-hybridized carbons (Fsp3) is 0.200. The first-order chi connectivity index (χ1) is 7.08. The Balaban J connectivity index is 3.23. The second-order valence-corrected chi connectivity index (χ2v) is 3.22. The molecule has 0 aliphatic rings. The number of alkyl halides is 1. The van der Waals surface area contributed by atoms with E-state index in [0.29, 0.717) is 11.1 Å². The number of halogens is 1. The Morgan fingerprint density at radius 3 is 2.60 bits per heavy atom. The Morgan fingerprint density at radius 2 is 2.13 bits per heavy atom. The highest BCUT2D eigenvalue weighted by molar-refractivity contribution is 6.17. The summed E-state index contributed by atoms with van der Waals surface area (Å²) in [6, 6.07) is 4.45. The Bertz CT molecular complexity index is 437. The van der Waals surface area contributed by atoms with Crippen molar-refractivity contribution in [2.45, 2.75) is 12.3 Å². The van der Waals surface area contributed by atoms with Crippen LogP contribution in [0.5, 0.6) is 5.75 Å². The summed E-state index contributed by atoms with van der Waals surface area (Å²) in [5.41, 5.74) is 1.03. The van der Waals surface area contributed by atoms with Gasteiger partial charge in [-0.15, -0.1) is 11.6 Å². The number of hydrogen-bond donors (Lipinski definition) is 2. The first kappa shape index (κ1) is 11.3. The lowest BCUT2D eigenvalue weighted by atomic mass is 10.0. The van der Waals surface area contributed by atoms with Crippen molar-refractivity contribution in [1.82, 2.24) is 0 Å². The molecule has 0 saturated heterocycles. The summed E-state index contributed by atoms with van der Waals surface area (Å²) >= 11 is 5.60. The topological polar surface area (TPSA) is 81.3 Å². The summed E-state index contributed by atoms with van der Waals surface area (Å²) < 4.78 is 0. The molecule has 0 fully saturated rings. The first-order valence-electron chi connectivity index (χ1n) is 4.11. The fourth-order valence-electron chi connectivity index (χ4n) is 1.22. The number of carboxylic acid groups (broad SMARTS) is 1. The second-order valence-electron chi connectivity index (χ2n) is 2.95. The summed E-state index contributed by atoms with van der Waals surface area (Å²) in [4.78, 5) is 10.5. The number of aliphatic carboxylic acids is 1. The van der Waals surface area contributed by atoms with Crippen molar-refractivity contribution in [2.75, 3.05) is 0 Å². The molecular formula is C10H8ClNO3. The molecule has 15 heavy (non-hydrogen) atoms. The zero-order valence-corrected chi connectivity index (χ0v) is 8.45. The van der Waals surface area contributed by atoms with Gasteiger partial charge in [0.05, 0.1) is 12.0 Å². The molecule has 0 amide bonds. The highest BCUT2D eigenvalue weighted by Gasteiger charge is 2.11. The number of phenols is 1. The van der Waals surface area contributed by atoms with Crippen molar-refractivity contribution in [3.63, 3.8) is 0 Å². The van der Waals surface area contributed by atoms with E-state index in [1.165, 1.54) is 12.1 Å². The average molecular weight is 226 g/mol. The van der Waals surface area contributed by atoms with Crippen LogP contribution in [0.4, 0.5) is 0 Å². The molecule has 78 valence electrons. The van der Waals surface area contributed by atoms with Gasteiger partial charge in [-0.3, -0.25) is 4.79 Å². The third-order valence-electron chi connectivity index (χ3n) is 1.92. The minimum absolute atomic E-state index is 0.0557. The molecule has 0 heterocycles. The van der Waals surface area contributed by atoms with Crippen LogP contribution in [-0.4, -0.2) is 16.2 Å². The van der Waals surface area contributed by atoms with E-state index in [9.17, 15) is 9.90 Å². The Hall–Kier alpha value is -1.73. The fourth-order valence-corrected chi connectivity index (χ4v) is 1.47. The largest absolute Gasteiger partial charge is 0.507 e. The summed E-state index contributed by atoms with van der Waals surface area (Å²) in [5.74, 6) is -1.08. The molecule has 1 aromatic rings. The molecule has 0 aromatic heterocycles. The number of carboxylic acids is 1. The maximum atomic E-state index is 10.5. The molecule has 1 aromatic carbocycles. The van der Waals surface area contributed by atoms with Crippen molar-refractivity contribution in [2.24, 2.45) is 0 Å². The third-order valence-corrected chi connectivity index (χ3v) is 2.21. The van der Waals surface area contributed by atoms with Gasteiger partial charge in [0.15, 0.2) is 0 Å². The van der Waals surface area contributed by atoms with Crippen molar-refractivity contribution >= 4 is 17.6 Å². The molecule has 4 nitrogen and oxygen atoms in total. The van der Waals surface area contributed by atoms with Crippen molar-refractivity contribution in [3.8, 4) is 11.8 Å². The van der Waals surface area contributed by atoms with E-state index >= 15 is 0 Å². The van der Waals surface area contributed by atoms with E-state index in [4.69, 9.17) is 22.0 Å². The maximum Gasteiger partial charge on any atom is 0.307 e. The van der Waals surface area contributed by atoms with Crippen LogP contribution in [0.3, 0.4) is 0 Å². The van der Waals surface area contributed by atoms with E-state index in [-0.39, 0.29) is 23.6 Å². The highest BCUT2D eigenvalue weighted by Crippen LogP contribution is 2.23. The molecule has 0 unspecified atom stereocenters. The van der Waals surface area contributed by atoms with Crippen molar-refractivity contribution in [1.29, 1.82) is 5.26 Å². The minimum Gasteiger partial charge on any atom is -0.507 e. The van der Waals surface area contributed by atoms with Crippen LogP contribution in [-0.2, 0) is 17.1 Å². The van der Waals surface area contributed by atoms with Gasteiger partial charge in [-0.05, 0) is 23.3 Å². The zero-order valence-electron chi connectivity index (χ0n) is 7.70. The Kier molecular flexibility index (Phi) is 3.53. The number of aromatic hydroxyl groups is 1. The van der Waals surface area contributed by atoms with Gasteiger partial charge in [0.1, 0.15) is 11.8 Å². The predicted molar refractivity (Wildman–Crippen MR) is 53.7 cm³/mol. The van der Waals surface area contributed by atoms with Crippen LogP contribution in [0.2, 0.25) is 0 Å². The van der Waals surface area contributed by atoms with Crippen LogP contribution in [0.1, 0.15) is 16.7 Å². The molecule has 0 aliphatic heterocycles. The van der Waals surface area contributed by atoms with Gasteiger partial charge >= 0.3 is 5.97 Å². The molecule has 0 spiro atoms. The quantitative estimate of drug-likeness (QED) is 0.766. The van der Waals surface area contributed by atoms with Crippen molar-refractivity contribution in [3.05, 3.63) is 28.8 Å². The molecular weight excluding hydrogens is 218 g/mol. The van der Waals surface area contributed by atoms with Crippen molar-refractivity contribution < 1.29 is 15.0 Å². The lowest BCUT2D eigenvalue weighted by molar-refractivity contribution is -0.136. The van der Waals surface area contributed by atoms with E-state index in [1.54, 1.807) is 6.07 Å². The zero-order chi connectivity index (χ0) is 11.4. The smallest absolute Gasteiger partial charge is 0.307 e. The summed E-state index contributed by atoms with van der Waals surface area (Å²) in [6.07, 6.45) is -0.211. The van der Waals surface area contributed by atoms with Gasteiger partial charge in [-0.1, -0.05) is 0 Å². The van der Waals surface area contributed by atoms with Gasteiger partial charge in [0.2, 0.25) is 0 Å². The molecule has 0 saturated carbocycles. The molecule has 5 heteroatoms. The lowest BCUT2D eigenvalue weighted by Crippen LogP contribution is -2.03. The summed E-state index contributed by atoms with van der Waals surface area (Å²) in [5, 5.41) is 26.6. The van der Waals surface area contributed by atoms with E-state index in [2.05, 4.69) is 0 Å². The lowest BCUT2D eigenvalue weighted by Gasteiger charge is -2.06. The van der Waals surface area contributed by atoms with Gasteiger partial charge in [-0.25, -0.2) is 0 Å². The second kappa shape index (κ2) is 4.67. The number of benzene rings is 1. The van der Waals surface area contributed by atoms with Crippen LogP contribution >= 0.6 is 11.6 Å². The molecule has 0 radical (unpaired) electrons. The maximum absolute atomic E-state index is 10.5. The number of nitriles is 1. The molecule has 0 aliphatic carbocycles. The van der Waals surface area contributed by atoms with Crippen LogP contribution in [0, 0.1) is 11.3 Å². The van der Waals surface area contributed by atoms with Gasteiger partial charge in [0, 0.05) is 5.88 Å². The van der Waals surface area contributed by atoms with Crippen LogP contribution in [0.15, 0.2) is 12.1 Å². The Labute approximate surface area is 91.3 Å². The number of rotatable bonds is 3. The summed E-state index contributed by atoms with van der Waals surface area (Å²) in [6.45, 7) is 0. The number of hydrogen-bond acceptors (Lipinski definition) is 3. The number of nitrogens with zero attached hydrogens (tertiary/aromatic N) is 1. The number of phenolic OH excluding ortho intramolecular Hbond substituents is 1. The van der Waals surface area contributed by atoms with Gasteiger partial charge in [0.25, 0.3) is 0 Å². The standard InChI is InChI=1S/C10H8ClNO3/c11-4-7-2-9(13)8(5-12)1-6(7)3-10(14)15/h1-2,13H,3-4H2,(H,14,15). The van der Waals surface area contributed by atoms with Gasteiger partial charge < -0.3 is 10.2 Å². The molecule has 0 bridgehead atoms. The monoisotopic (exact) mass is 225 g/mol. The minimum atomic E-state index is -1.00. The molecule has 2 N–H and O–H groups in total. The van der Waals surface area contributed by atoms with E-state index in [1.807, 2.05) is 0 Å². The predicted octanol–water partition coefficient (Wildman–Crippen LogP) is 1.63. The molecule has 1 rings (SSSR count). The highest BCUT2D eigenvalue weighted by atomic mass is 35.5. The number of carbonyl (C=O) groups is 1. The SMILES string of the molecule is N#Cc1cc(CC(=O)O)c(CCl)cc1O. The first-order valence-corrected chi connectivity index (χ1v) is 4.64. The van der Waals surface area contributed by atoms with E-state index in [0.717, 1.165) is 0 Å². The van der Waals surface area contributed by atoms with Crippen LogP contribution in [0.25, 0.3) is 0 Å².